The molecule has 0 bridgehead atoms. The van der Waals surface area contributed by atoms with Crippen LogP contribution in [0.4, 0.5) is 11.6 Å². The summed E-state index contributed by atoms with van der Waals surface area (Å²) in [5, 5.41) is 6.09. The Balaban J connectivity index is 1.70. The van der Waals surface area contributed by atoms with Crippen molar-refractivity contribution in [2.75, 3.05) is 17.7 Å². The number of carbonyl (C=O) groups excluding carboxylic acids is 1. The molecule has 1 amide bonds. The first-order valence-corrected chi connectivity index (χ1v) is 9.05. The van der Waals surface area contributed by atoms with Crippen LogP contribution in [-0.2, 0) is 6.54 Å². The lowest BCUT2D eigenvalue weighted by atomic mass is 10.1. The Morgan fingerprint density at radius 1 is 1.07 bits per heavy atom. The normalized spacial score (nSPS) is 10.4. The van der Waals surface area contributed by atoms with Gasteiger partial charge in [0, 0.05) is 24.0 Å². The number of aromatic nitrogens is 2. The maximum Gasteiger partial charge on any atom is 0.259 e. The molecule has 3 rings (SSSR count). The van der Waals surface area contributed by atoms with E-state index >= 15 is 0 Å². The van der Waals surface area contributed by atoms with Gasteiger partial charge in [0.1, 0.15) is 5.75 Å². The lowest BCUT2D eigenvalue weighted by Crippen LogP contribution is -2.16. The van der Waals surface area contributed by atoms with Crippen molar-refractivity contribution < 1.29 is 9.53 Å². The number of aryl methyl sites for hydroxylation is 3. The van der Waals surface area contributed by atoms with Gasteiger partial charge in [-0.05, 0) is 50.1 Å². The maximum atomic E-state index is 12.6. The molecule has 0 radical (unpaired) electrons. The fourth-order valence-electron chi connectivity index (χ4n) is 3.04. The van der Waals surface area contributed by atoms with Crippen molar-refractivity contribution in [1.82, 2.24) is 9.97 Å². The van der Waals surface area contributed by atoms with Gasteiger partial charge in [0.25, 0.3) is 5.91 Å². The third-order valence-electron chi connectivity index (χ3n) is 4.33. The van der Waals surface area contributed by atoms with Crippen LogP contribution in [0.25, 0.3) is 0 Å². The summed E-state index contributed by atoms with van der Waals surface area (Å²) in [6.45, 7) is 6.32. The van der Waals surface area contributed by atoms with Crippen molar-refractivity contribution in [2.45, 2.75) is 27.3 Å². The van der Waals surface area contributed by atoms with Crippen molar-refractivity contribution in [1.29, 1.82) is 0 Å². The lowest BCUT2D eigenvalue weighted by molar-refractivity contribution is 0.102. The number of rotatable bonds is 6. The molecule has 0 saturated carbocycles. The molecule has 0 fully saturated rings. The van der Waals surface area contributed by atoms with Crippen LogP contribution >= 0.6 is 0 Å². The van der Waals surface area contributed by atoms with Crippen LogP contribution in [0.15, 0.2) is 48.7 Å². The molecule has 144 valence electrons. The van der Waals surface area contributed by atoms with Gasteiger partial charge in [-0.25, -0.2) is 9.97 Å². The number of methoxy groups -OCH3 is 1. The average molecular weight is 376 g/mol. The number of hydrogen-bond acceptors (Lipinski definition) is 5. The van der Waals surface area contributed by atoms with Gasteiger partial charge in [0.15, 0.2) is 0 Å². The first kappa shape index (κ1) is 19.4. The van der Waals surface area contributed by atoms with Gasteiger partial charge in [-0.2, -0.15) is 0 Å². The number of nitrogens with zero attached hydrogens (tertiary/aromatic N) is 2. The number of ether oxygens (including phenoxy) is 1. The highest BCUT2D eigenvalue weighted by Gasteiger charge is 2.13. The number of nitrogens with one attached hydrogen (secondary N) is 2. The molecule has 3 aromatic rings. The topological polar surface area (TPSA) is 76.1 Å². The molecule has 2 aromatic carbocycles. The lowest BCUT2D eigenvalue weighted by Gasteiger charge is -2.11. The molecule has 6 heteroatoms. The zero-order chi connectivity index (χ0) is 20.1. The molecule has 0 atom stereocenters. The Kier molecular flexibility index (Phi) is 5.89. The van der Waals surface area contributed by atoms with Crippen LogP contribution in [0.2, 0.25) is 0 Å². The van der Waals surface area contributed by atoms with E-state index in [4.69, 9.17) is 4.74 Å². The standard InChI is InChI=1S/C22H24N4O2/c1-14-9-15(2)11-18(10-14)26-21(27)19-13-24-22(25-16(19)3)23-12-17-7-5-6-8-20(17)28-4/h5-11,13H,12H2,1-4H3,(H,26,27)(H,23,24,25). The number of carbonyl (C=O) groups is 1. The van der Waals surface area contributed by atoms with Gasteiger partial charge < -0.3 is 15.4 Å². The highest BCUT2D eigenvalue weighted by atomic mass is 16.5. The molecule has 2 N–H and O–H groups in total. The molecule has 0 aliphatic carbocycles. The van der Waals surface area contributed by atoms with Gasteiger partial charge in [0.2, 0.25) is 5.95 Å². The van der Waals surface area contributed by atoms with Crippen LogP contribution < -0.4 is 15.4 Å². The van der Waals surface area contributed by atoms with Crippen LogP contribution in [0.1, 0.15) is 32.7 Å². The second-order valence-corrected chi connectivity index (χ2v) is 6.69. The van der Waals surface area contributed by atoms with E-state index in [-0.39, 0.29) is 5.91 Å². The van der Waals surface area contributed by atoms with Crippen LogP contribution in [0.5, 0.6) is 5.75 Å². The summed E-state index contributed by atoms with van der Waals surface area (Å²) in [5.41, 5.74) is 5.02. The molecule has 0 unspecified atom stereocenters. The second-order valence-electron chi connectivity index (χ2n) is 6.69. The predicted octanol–water partition coefficient (Wildman–Crippen LogP) is 4.27. The molecule has 1 aromatic heterocycles. The summed E-state index contributed by atoms with van der Waals surface area (Å²) in [6.07, 6.45) is 1.55. The first-order chi connectivity index (χ1) is 13.5. The Bertz CT molecular complexity index is 981. The minimum absolute atomic E-state index is 0.223. The largest absolute Gasteiger partial charge is 0.496 e. The molecular formula is C22H24N4O2. The van der Waals surface area contributed by atoms with Crippen molar-refractivity contribution in [2.24, 2.45) is 0 Å². The Labute approximate surface area is 165 Å². The zero-order valence-corrected chi connectivity index (χ0v) is 16.5. The van der Waals surface area contributed by atoms with Crippen molar-refractivity contribution in [3.05, 3.63) is 76.6 Å². The fourth-order valence-corrected chi connectivity index (χ4v) is 3.04. The summed E-state index contributed by atoms with van der Waals surface area (Å²) in [7, 11) is 1.64. The summed E-state index contributed by atoms with van der Waals surface area (Å²) in [5.74, 6) is 1.04. The van der Waals surface area contributed by atoms with Gasteiger partial charge in [-0.15, -0.1) is 0 Å². The van der Waals surface area contributed by atoms with Crippen LogP contribution in [-0.4, -0.2) is 23.0 Å². The molecule has 0 aliphatic heterocycles. The van der Waals surface area contributed by atoms with Gasteiger partial charge in [0.05, 0.1) is 18.4 Å². The molecule has 0 saturated heterocycles. The minimum atomic E-state index is -0.223. The number of hydrogen-bond donors (Lipinski definition) is 2. The number of benzene rings is 2. The molecular weight excluding hydrogens is 352 g/mol. The zero-order valence-electron chi connectivity index (χ0n) is 16.5. The highest BCUT2D eigenvalue weighted by Crippen LogP contribution is 2.19. The quantitative estimate of drug-likeness (QED) is 0.672. The van der Waals surface area contributed by atoms with Crippen LogP contribution in [0, 0.1) is 20.8 Å². The summed E-state index contributed by atoms with van der Waals surface area (Å²) < 4.78 is 5.35. The summed E-state index contributed by atoms with van der Waals surface area (Å²) >= 11 is 0. The van der Waals surface area contributed by atoms with E-state index in [1.54, 1.807) is 20.2 Å². The average Bonchev–Trinajstić information content (AvgIpc) is 2.65. The second kappa shape index (κ2) is 8.52. The summed E-state index contributed by atoms with van der Waals surface area (Å²) in [6, 6.07) is 13.7. The highest BCUT2D eigenvalue weighted by molar-refractivity contribution is 6.04. The molecule has 28 heavy (non-hydrogen) atoms. The van der Waals surface area contributed by atoms with Gasteiger partial charge >= 0.3 is 0 Å². The number of anilines is 2. The molecule has 0 aliphatic rings. The Hall–Kier alpha value is -3.41. The minimum Gasteiger partial charge on any atom is -0.496 e. The van der Waals surface area contributed by atoms with Crippen molar-refractivity contribution in [3.8, 4) is 5.75 Å². The molecule has 6 nitrogen and oxygen atoms in total. The Morgan fingerprint density at radius 2 is 1.79 bits per heavy atom. The number of amides is 1. The molecule has 1 heterocycles. The first-order valence-electron chi connectivity index (χ1n) is 9.05. The fraction of sp³-hybridized carbons (Fsp3) is 0.227. The van der Waals surface area contributed by atoms with E-state index in [9.17, 15) is 4.79 Å². The van der Waals surface area contributed by atoms with Crippen molar-refractivity contribution >= 4 is 17.5 Å². The summed E-state index contributed by atoms with van der Waals surface area (Å²) in [4.78, 5) is 21.3. The third kappa shape index (κ3) is 4.65. The SMILES string of the molecule is COc1ccccc1CNc1ncc(C(=O)Nc2cc(C)cc(C)c2)c(C)n1. The van der Waals surface area contributed by atoms with E-state index in [0.29, 0.717) is 23.8 Å². The van der Waals surface area contributed by atoms with E-state index < -0.39 is 0 Å². The third-order valence-corrected chi connectivity index (χ3v) is 4.33. The van der Waals surface area contributed by atoms with Gasteiger partial charge in [-0.1, -0.05) is 24.3 Å². The van der Waals surface area contributed by atoms with E-state index in [1.165, 1.54) is 0 Å². The smallest absolute Gasteiger partial charge is 0.259 e. The van der Waals surface area contributed by atoms with E-state index in [2.05, 4.69) is 26.7 Å². The number of para-hydroxylation sites is 1. The molecule has 0 spiro atoms. The monoisotopic (exact) mass is 376 g/mol. The van der Waals surface area contributed by atoms with E-state index in [0.717, 1.165) is 28.1 Å². The van der Waals surface area contributed by atoms with Crippen molar-refractivity contribution in [3.63, 3.8) is 0 Å². The maximum absolute atomic E-state index is 12.6. The Morgan fingerprint density at radius 3 is 2.46 bits per heavy atom. The predicted molar refractivity (Wildman–Crippen MR) is 111 cm³/mol. The van der Waals surface area contributed by atoms with Crippen LogP contribution in [0.3, 0.4) is 0 Å². The van der Waals surface area contributed by atoms with Gasteiger partial charge in [-0.3, -0.25) is 4.79 Å². The van der Waals surface area contributed by atoms with E-state index in [1.807, 2.05) is 50.2 Å².